The minimum Gasteiger partial charge on any atom is -0.479 e. The molecule has 1 aromatic heterocycles. The third kappa shape index (κ3) is 2.74. The number of hydrogen-bond acceptors (Lipinski definition) is 5. The van der Waals surface area contributed by atoms with Gasteiger partial charge in [0.2, 0.25) is 0 Å². The second-order valence-electron chi connectivity index (χ2n) is 5.84. The lowest BCUT2D eigenvalue weighted by molar-refractivity contribution is -0.143. The van der Waals surface area contributed by atoms with Gasteiger partial charge < -0.3 is 9.84 Å². The largest absolute Gasteiger partial charge is 0.479 e. The SMILES string of the molecule is Cn1ncc2c1C(C(=O)O)N(C(=O)OC(C)(C)C)CC2=O. The van der Waals surface area contributed by atoms with Gasteiger partial charge in [0.1, 0.15) is 5.60 Å². The normalized spacial score (nSPS) is 18.4. The predicted molar refractivity (Wildman–Crippen MR) is 70.9 cm³/mol. The molecular weight excluding hydrogens is 278 g/mol. The number of nitrogens with zero attached hydrogens (tertiary/aromatic N) is 3. The van der Waals surface area contributed by atoms with E-state index in [-0.39, 0.29) is 23.6 Å². The topological polar surface area (TPSA) is 102 Å². The second kappa shape index (κ2) is 4.87. The summed E-state index contributed by atoms with van der Waals surface area (Å²) in [6.07, 6.45) is 0.482. The van der Waals surface area contributed by atoms with Crippen LogP contribution in [0.5, 0.6) is 0 Å². The van der Waals surface area contributed by atoms with Crippen LogP contribution >= 0.6 is 0 Å². The van der Waals surface area contributed by atoms with Gasteiger partial charge in [-0.05, 0) is 20.8 Å². The Kier molecular flexibility index (Phi) is 3.48. The average molecular weight is 295 g/mol. The maximum atomic E-state index is 12.2. The Morgan fingerprint density at radius 3 is 2.57 bits per heavy atom. The highest BCUT2D eigenvalue weighted by atomic mass is 16.6. The molecule has 0 spiro atoms. The summed E-state index contributed by atoms with van der Waals surface area (Å²) in [7, 11) is 1.53. The zero-order valence-electron chi connectivity index (χ0n) is 12.3. The van der Waals surface area contributed by atoms with Gasteiger partial charge in [-0.25, -0.2) is 9.59 Å². The minimum absolute atomic E-state index is 0.185. The lowest BCUT2D eigenvalue weighted by atomic mass is 9.99. The van der Waals surface area contributed by atoms with Crippen LogP contribution in [-0.4, -0.2) is 49.8 Å². The predicted octanol–water partition coefficient (Wildman–Crippen LogP) is 0.979. The van der Waals surface area contributed by atoms with Crippen LogP contribution in [0, 0.1) is 0 Å². The molecule has 21 heavy (non-hydrogen) atoms. The molecule has 8 heteroatoms. The van der Waals surface area contributed by atoms with Crippen LogP contribution in [0.2, 0.25) is 0 Å². The molecule has 0 fully saturated rings. The highest BCUT2D eigenvalue weighted by molar-refractivity contribution is 6.03. The van der Waals surface area contributed by atoms with E-state index in [1.165, 1.54) is 17.9 Å². The van der Waals surface area contributed by atoms with Crippen molar-refractivity contribution in [1.29, 1.82) is 0 Å². The van der Waals surface area contributed by atoms with Gasteiger partial charge in [0.15, 0.2) is 11.8 Å². The van der Waals surface area contributed by atoms with Gasteiger partial charge in [-0.1, -0.05) is 0 Å². The Hall–Kier alpha value is -2.38. The first-order chi connectivity index (χ1) is 9.61. The summed E-state index contributed by atoms with van der Waals surface area (Å²) < 4.78 is 6.47. The third-order valence-corrected chi connectivity index (χ3v) is 3.03. The molecule has 1 amide bonds. The van der Waals surface area contributed by atoms with Crippen molar-refractivity contribution >= 4 is 17.8 Å². The van der Waals surface area contributed by atoms with E-state index in [0.717, 1.165) is 4.90 Å². The van der Waals surface area contributed by atoms with Gasteiger partial charge in [0, 0.05) is 7.05 Å². The first-order valence-electron chi connectivity index (χ1n) is 6.39. The Morgan fingerprint density at radius 1 is 1.43 bits per heavy atom. The fourth-order valence-corrected chi connectivity index (χ4v) is 2.21. The standard InChI is InChI=1S/C13H17N3O5/c1-13(2,3)21-12(20)16-6-8(17)7-5-14-15(4)9(7)10(16)11(18)19/h5,10H,6H2,1-4H3,(H,18,19). The van der Waals surface area contributed by atoms with Crippen molar-refractivity contribution in [1.82, 2.24) is 14.7 Å². The molecule has 8 nitrogen and oxygen atoms in total. The fraction of sp³-hybridized carbons (Fsp3) is 0.538. The number of fused-ring (bicyclic) bond motifs is 1. The number of carbonyl (C=O) groups excluding carboxylic acids is 2. The van der Waals surface area contributed by atoms with E-state index < -0.39 is 23.7 Å². The number of aryl methyl sites for hydroxylation is 1. The summed E-state index contributed by atoms with van der Waals surface area (Å²) >= 11 is 0. The van der Waals surface area contributed by atoms with E-state index in [1.807, 2.05) is 0 Å². The number of carbonyl (C=O) groups is 3. The molecule has 0 saturated carbocycles. The molecule has 1 aliphatic heterocycles. The highest BCUT2D eigenvalue weighted by Gasteiger charge is 2.43. The quantitative estimate of drug-likeness (QED) is 0.828. The molecule has 1 unspecified atom stereocenters. The van der Waals surface area contributed by atoms with Gasteiger partial charge >= 0.3 is 12.1 Å². The molecule has 0 aliphatic carbocycles. The summed E-state index contributed by atoms with van der Waals surface area (Å²) in [4.78, 5) is 36.7. The van der Waals surface area contributed by atoms with Gasteiger partial charge in [-0.15, -0.1) is 0 Å². The van der Waals surface area contributed by atoms with Crippen molar-refractivity contribution in [3.05, 3.63) is 17.5 Å². The van der Waals surface area contributed by atoms with E-state index in [1.54, 1.807) is 20.8 Å². The maximum absolute atomic E-state index is 12.2. The summed E-state index contributed by atoms with van der Waals surface area (Å²) in [5.74, 6) is -1.60. The monoisotopic (exact) mass is 295 g/mol. The Labute approximate surface area is 121 Å². The molecule has 0 radical (unpaired) electrons. The molecule has 1 N–H and O–H groups in total. The van der Waals surface area contributed by atoms with Crippen molar-refractivity contribution in [3.8, 4) is 0 Å². The van der Waals surface area contributed by atoms with Crippen LogP contribution in [-0.2, 0) is 16.6 Å². The molecular formula is C13H17N3O5. The van der Waals surface area contributed by atoms with E-state index >= 15 is 0 Å². The van der Waals surface area contributed by atoms with Crippen LogP contribution in [0.3, 0.4) is 0 Å². The average Bonchev–Trinajstić information content (AvgIpc) is 2.69. The first-order valence-corrected chi connectivity index (χ1v) is 6.39. The number of hydrogen-bond donors (Lipinski definition) is 1. The summed E-state index contributed by atoms with van der Waals surface area (Å²) in [6.45, 7) is 4.66. The zero-order valence-corrected chi connectivity index (χ0v) is 12.3. The van der Waals surface area contributed by atoms with E-state index in [2.05, 4.69) is 5.10 Å². The van der Waals surface area contributed by atoms with E-state index in [0.29, 0.717) is 0 Å². The number of carboxylic acid groups (broad SMARTS) is 1. The van der Waals surface area contributed by atoms with Crippen LogP contribution in [0.15, 0.2) is 6.20 Å². The van der Waals surface area contributed by atoms with Crippen LogP contribution in [0.25, 0.3) is 0 Å². The van der Waals surface area contributed by atoms with Crippen molar-refractivity contribution in [3.63, 3.8) is 0 Å². The maximum Gasteiger partial charge on any atom is 0.411 e. The fourth-order valence-electron chi connectivity index (χ4n) is 2.21. The molecule has 1 aliphatic rings. The number of aliphatic carboxylic acids is 1. The Morgan fingerprint density at radius 2 is 2.05 bits per heavy atom. The summed E-state index contributed by atoms with van der Waals surface area (Å²) in [5.41, 5.74) is -0.370. The van der Waals surface area contributed by atoms with Crippen LogP contribution < -0.4 is 0 Å². The highest BCUT2D eigenvalue weighted by Crippen LogP contribution is 2.30. The van der Waals surface area contributed by atoms with Crippen molar-refractivity contribution in [2.45, 2.75) is 32.4 Å². The summed E-state index contributed by atoms with van der Waals surface area (Å²) in [6, 6.07) is -1.29. The number of ketones is 1. The van der Waals surface area contributed by atoms with E-state index in [4.69, 9.17) is 4.74 Å². The molecule has 0 aromatic carbocycles. The Bertz CT molecular complexity index is 614. The van der Waals surface area contributed by atoms with Crippen LogP contribution in [0.1, 0.15) is 42.9 Å². The smallest absolute Gasteiger partial charge is 0.411 e. The molecule has 114 valence electrons. The van der Waals surface area contributed by atoms with Gasteiger partial charge in [0.25, 0.3) is 0 Å². The zero-order chi connectivity index (χ0) is 15.9. The first kappa shape index (κ1) is 15.0. The second-order valence-corrected chi connectivity index (χ2v) is 5.84. The number of aromatic nitrogens is 2. The van der Waals surface area contributed by atoms with Crippen molar-refractivity contribution in [2.24, 2.45) is 7.05 Å². The molecule has 2 rings (SSSR count). The lowest BCUT2D eigenvalue weighted by Gasteiger charge is -2.33. The van der Waals surface area contributed by atoms with Crippen LogP contribution in [0.4, 0.5) is 4.79 Å². The number of amides is 1. The molecule has 0 saturated heterocycles. The van der Waals surface area contributed by atoms with Gasteiger partial charge in [-0.3, -0.25) is 14.4 Å². The number of Topliss-reactive ketones (excluding diaryl/α,β-unsaturated/α-hetero) is 1. The lowest BCUT2D eigenvalue weighted by Crippen LogP contribution is -2.48. The summed E-state index contributed by atoms with van der Waals surface area (Å²) in [5, 5.41) is 13.3. The molecule has 0 bridgehead atoms. The van der Waals surface area contributed by atoms with Crippen molar-refractivity contribution < 1.29 is 24.2 Å². The minimum atomic E-state index is -1.29. The van der Waals surface area contributed by atoms with E-state index in [9.17, 15) is 19.5 Å². The third-order valence-electron chi connectivity index (χ3n) is 3.03. The molecule has 1 aromatic rings. The van der Waals surface area contributed by atoms with Gasteiger partial charge in [-0.2, -0.15) is 5.10 Å². The number of carboxylic acids is 1. The molecule has 2 heterocycles. The Balaban J connectivity index is 2.44. The number of ether oxygens (including phenoxy) is 1. The van der Waals surface area contributed by atoms with Gasteiger partial charge in [0.05, 0.1) is 24.0 Å². The van der Waals surface area contributed by atoms with Crippen molar-refractivity contribution in [2.75, 3.05) is 6.54 Å². The molecule has 1 atom stereocenters. The number of rotatable bonds is 1.